The van der Waals surface area contributed by atoms with E-state index in [0.29, 0.717) is 6.04 Å². The first-order valence-corrected chi connectivity index (χ1v) is 6.28. The van der Waals surface area contributed by atoms with Crippen LogP contribution >= 0.6 is 0 Å². The highest BCUT2D eigenvalue weighted by molar-refractivity contribution is 4.76. The van der Waals surface area contributed by atoms with Crippen LogP contribution in [-0.2, 0) is 0 Å². The summed E-state index contributed by atoms with van der Waals surface area (Å²) in [5, 5.41) is 9.35. The van der Waals surface area contributed by atoms with E-state index in [2.05, 4.69) is 23.6 Å². The van der Waals surface area contributed by atoms with Crippen LogP contribution in [0.3, 0.4) is 0 Å². The third kappa shape index (κ3) is 4.49. The Labute approximate surface area is 94.1 Å². The van der Waals surface area contributed by atoms with E-state index in [-0.39, 0.29) is 6.10 Å². The summed E-state index contributed by atoms with van der Waals surface area (Å²) in [6.07, 6.45) is 1.98. The van der Waals surface area contributed by atoms with Crippen LogP contribution in [0.5, 0.6) is 0 Å². The fourth-order valence-electron chi connectivity index (χ4n) is 2.39. The molecule has 90 valence electrons. The van der Waals surface area contributed by atoms with Crippen LogP contribution in [0.25, 0.3) is 0 Å². The minimum Gasteiger partial charge on any atom is -0.393 e. The third-order valence-electron chi connectivity index (χ3n) is 3.25. The molecule has 0 bridgehead atoms. The molecule has 2 atom stereocenters. The largest absolute Gasteiger partial charge is 0.393 e. The molecule has 0 aromatic rings. The second-order valence-corrected chi connectivity index (χ2v) is 4.81. The van der Waals surface area contributed by atoms with Crippen LogP contribution in [0, 0.1) is 0 Å². The summed E-state index contributed by atoms with van der Waals surface area (Å²) in [4.78, 5) is 5.03. The van der Waals surface area contributed by atoms with Crippen molar-refractivity contribution in [3.8, 4) is 0 Å². The molecule has 0 radical (unpaired) electrons. The molecule has 2 unspecified atom stereocenters. The van der Waals surface area contributed by atoms with Crippen molar-refractivity contribution in [3.05, 3.63) is 0 Å². The van der Waals surface area contributed by atoms with Crippen LogP contribution in [0.4, 0.5) is 0 Å². The Morgan fingerprint density at radius 1 is 1.13 bits per heavy atom. The smallest absolute Gasteiger partial charge is 0.0526 e. The normalized spacial score (nSPS) is 24.0. The van der Waals surface area contributed by atoms with Gasteiger partial charge in [-0.15, -0.1) is 0 Å². The second-order valence-electron chi connectivity index (χ2n) is 4.81. The number of rotatable bonds is 5. The first-order valence-electron chi connectivity index (χ1n) is 6.28. The van der Waals surface area contributed by atoms with Gasteiger partial charge < -0.3 is 10.0 Å². The van der Waals surface area contributed by atoms with Crippen LogP contribution in [0.2, 0.25) is 0 Å². The highest BCUT2D eigenvalue weighted by atomic mass is 16.3. The molecule has 0 spiro atoms. The summed E-state index contributed by atoms with van der Waals surface area (Å²) in [7, 11) is 0. The molecule has 1 saturated heterocycles. The Kier molecular flexibility index (Phi) is 5.58. The van der Waals surface area contributed by atoms with Gasteiger partial charge in [-0.3, -0.25) is 4.90 Å². The quantitative estimate of drug-likeness (QED) is 0.744. The topological polar surface area (TPSA) is 26.7 Å². The van der Waals surface area contributed by atoms with Gasteiger partial charge in [-0.1, -0.05) is 6.92 Å². The molecule has 1 rings (SSSR count). The van der Waals surface area contributed by atoms with E-state index in [1.807, 2.05) is 6.92 Å². The number of aliphatic hydroxyl groups excluding tert-OH is 1. The van der Waals surface area contributed by atoms with Gasteiger partial charge in [-0.05, 0) is 33.2 Å². The van der Waals surface area contributed by atoms with Gasteiger partial charge >= 0.3 is 0 Å². The number of hydrogen-bond donors (Lipinski definition) is 1. The van der Waals surface area contributed by atoms with E-state index in [4.69, 9.17) is 0 Å². The van der Waals surface area contributed by atoms with Crippen LogP contribution in [-0.4, -0.2) is 59.8 Å². The van der Waals surface area contributed by atoms with Crippen molar-refractivity contribution in [1.29, 1.82) is 0 Å². The van der Waals surface area contributed by atoms with Gasteiger partial charge in [0.15, 0.2) is 0 Å². The Morgan fingerprint density at radius 2 is 1.73 bits per heavy atom. The molecule has 0 aliphatic carbocycles. The molecule has 0 aromatic carbocycles. The Bertz CT molecular complexity index is 165. The summed E-state index contributed by atoms with van der Waals surface area (Å²) in [5.41, 5.74) is 0. The van der Waals surface area contributed by atoms with Crippen LogP contribution in [0.15, 0.2) is 0 Å². The molecule has 0 aromatic heterocycles. The standard InChI is InChI=1S/C12H26N2O/c1-4-5-13-6-8-14(9-7-13)11(2)10-12(3)15/h11-12,15H,4-10H2,1-3H3. The van der Waals surface area contributed by atoms with E-state index in [1.165, 1.54) is 26.1 Å². The molecule has 3 heteroatoms. The predicted molar refractivity (Wildman–Crippen MR) is 64.1 cm³/mol. The van der Waals surface area contributed by atoms with E-state index in [1.54, 1.807) is 0 Å². The molecule has 1 heterocycles. The molecule has 0 amide bonds. The maximum atomic E-state index is 9.35. The first-order chi connectivity index (χ1) is 7.13. The van der Waals surface area contributed by atoms with Gasteiger partial charge in [-0.25, -0.2) is 0 Å². The third-order valence-corrected chi connectivity index (χ3v) is 3.25. The highest BCUT2D eigenvalue weighted by Crippen LogP contribution is 2.10. The van der Waals surface area contributed by atoms with Crippen LogP contribution in [0.1, 0.15) is 33.6 Å². The average molecular weight is 214 g/mol. The fraction of sp³-hybridized carbons (Fsp3) is 1.00. The Balaban J connectivity index is 2.24. The molecule has 1 aliphatic rings. The van der Waals surface area contributed by atoms with Crippen molar-refractivity contribution in [2.45, 2.75) is 45.8 Å². The SMILES string of the molecule is CCCN1CCN(C(C)CC(C)O)CC1. The zero-order valence-corrected chi connectivity index (χ0v) is 10.4. The van der Waals surface area contributed by atoms with Crippen molar-refractivity contribution in [3.63, 3.8) is 0 Å². The molecule has 15 heavy (non-hydrogen) atoms. The van der Waals surface area contributed by atoms with Crippen molar-refractivity contribution in [2.24, 2.45) is 0 Å². The summed E-state index contributed by atoms with van der Waals surface area (Å²) in [6.45, 7) is 12.3. The molecule has 1 N–H and O–H groups in total. The maximum absolute atomic E-state index is 9.35. The summed E-state index contributed by atoms with van der Waals surface area (Å²) < 4.78 is 0. The van der Waals surface area contributed by atoms with E-state index >= 15 is 0 Å². The van der Waals surface area contributed by atoms with Gasteiger partial charge in [0, 0.05) is 32.2 Å². The summed E-state index contributed by atoms with van der Waals surface area (Å²) in [5.74, 6) is 0. The summed E-state index contributed by atoms with van der Waals surface area (Å²) >= 11 is 0. The zero-order chi connectivity index (χ0) is 11.3. The molecule has 0 saturated carbocycles. The van der Waals surface area contributed by atoms with E-state index in [0.717, 1.165) is 19.5 Å². The lowest BCUT2D eigenvalue weighted by atomic mass is 10.1. The van der Waals surface area contributed by atoms with Crippen molar-refractivity contribution in [1.82, 2.24) is 9.80 Å². The van der Waals surface area contributed by atoms with Gasteiger partial charge in [0.25, 0.3) is 0 Å². The number of aliphatic hydroxyl groups is 1. The van der Waals surface area contributed by atoms with Gasteiger partial charge in [-0.2, -0.15) is 0 Å². The number of hydrogen-bond acceptors (Lipinski definition) is 3. The molecule has 1 fully saturated rings. The predicted octanol–water partition coefficient (Wildman–Crippen LogP) is 1.17. The van der Waals surface area contributed by atoms with Gasteiger partial charge in [0.1, 0.15) is 0 Å². The number of piperazine rings is 1. The molecular formula is C12H26N2O. The Hall–Kier alpha value is -0.120. The summed E-state index contributed by atoms with van der Waals surface area (Å²) in [6, 6.07) is 0.522. The lowest BCUT2D eigenvalue weighted by Gasteiger charge is -2.38. The Morgan fingerprint density at radius 3 is 2.20 bits per heavy atom. The minimum atomic E-state index is -0.173. The lowest BCUT2D eigenvalue weighted by molar-refractivity contribution is 0.0730. The minimum absolute atomic E-state index is 0.173. The van der Waals surface area contributed by atoms with Crippen molar-refractivity contribution < 1.29 is 5.11 Å². The van der Waals surface area contributed by atoms with Crippen molar-refractivity contribution in [2.75, 3.05) is 32.7 Å². The van der Waals surface area contributed by atoms with Crippen LogP contribution < -0.4 is 0 Å². The average Bonchev–Trinajstić information content (AvgIpc) is 2.18. The highest BCUT2D eigenvalue weighted by Gasteiger charge is 2.21. The lowest BCUT2D eigenvalue weighted by Crippen LogP contribution is -2.50. The monoisotopic (exact) mass is 214 g/mol. The molecule has 3 nitrogen and oxygen atoms in total. The van der Waals surface area contributed by atoms with E-state index < -0.39 is 0 Å². The fourth-order valence-corrected chi connectivity index (χ4v) is 2.39. The van der Waals surface area contributed by atoms with Crippen molar-refractivity contribution >= 4 is 0 Å². The second kappa shape index (κ2) is 6.46. The maximum Gasteiger partial charge on any atom is 0.0526 e. The van der Waals surface area contributed by atoms with Gasteiger partial charge in [0.05, 0.1) is 6.10 Å². The molecular weight excluding hydrogens is 188 g/mol. The number of nitrogens with zero attached hydrogens (tertiary/aromatic N) is 2. The van der Waals surface area contributed by atoms with Gasteiger partial charge in [0.2, 0.25) is 0 Å². The first kappa shape index (κ1) is 12.9. The van der Waals surface area contributed by atoms with E-state index in [9.17, 15) is 5.11 Å². The molecule has 1 aliphatic heterocycles. The zero-order valence-electron chi connectivity index (χ0n) is 10.4.